The minimum absolute atomic E-state index is 0. The Morgan fingerprint density at radius 2 is 0.936 bits per heavy atom. The van der Waals surface area contributed by atoms with E-state index in [2.05, 4.69) is 92.3 Å². The van der Waals surface area contributed by atoms with Crippen molar-refractivity contribution < 1.29 is 181 Å². The molecule has 5 heterocycles. The van der Waals surface area contributed by atoms with Crippen LogP contribution in [-0.2, 0) is 45.8 Å². The predicted octanol–water partition coefficient (Wildman–Crippen LogP) is 6.19. The number of nitrogen functional groups attached to an aromatic ring is 2. The standard InChI is InChI=1S/C12H14N2O3.C11H12N2O3.C10H9NO3S.C9H7NO3S.C8H9NO3.C7H7NO3.C4H8O.C3H9N.C3H6OS2.C2H3ClO.CH4O.K.Li.H2O/c1-4-14(2)12-13-9-6-5-8(11(15)16-3)7-10(9)17-12;1-3-13(2)11-12-8-5-4-7(10(14)15)6-9(8)16-11;1-13-9(12)6-3-4-7-8(5-6)14-10(11-7)15-2;1-12-8(11)5-2-3-6-7(4-5)13-9(14)10-6;1-12-8(11)5-2-3-6(9)7(10)4-5;8-5-2-1-4(7(10)11)3-6(5)9;1-2-4-5-3-1;1-3-4-2;1-2-4-3(5)6;1-2(3)4;1-2;;;/h5-7H,4H2,1-3H3;4-6H,3H2,1-2H3,(H,14,15);3-5H,1-2H3;2-4H,1H3,(H,10,14);2-4,10H,9H2,1H3;1-3,9H,8H2,(H,10,11);1-4H2;4H,3H2,1-2H3;2H2,1H3,(H,5,6);1H3;2H,1H3;;;1H2/q;;;;;;;;;;;2*+1;/p-2. The molecule has 39 heteroatoms. The number of aromatic amines is 1. The van der Waals surface area contributed by atoms with E-state index < -0.39 is 23.9 Å². The number of thiocarbonyl (C=S) groups is 1. The Morgan fingerprint density at radius 1 is 0.606 bits per heavy atom. The number of esters is 4. The Labute approximate surface area is 708 Å². The number of aromatic hydroxyl groups is 2. The van der Waals surface area contributed by atoms with Crippen LogP contribution in [0.1, 0.15) is 110 Å². The molecule has 1 aliphatic heterocycles. The van der Waals surface area contributed by atoms with Gasteiger partial charge in [0.15, 0.2) is 22.3 Å². The van der Waals surface area contributed by atoms with E-state index in [1.165, 1.54) is 102 Å². The maximum atomic E-state index is 11.4. The van der Waals surface area contributed by atoms with Crippen LogP contribution in [0.3, 0.4) is 0 Å². The molecule has 1 aliphatic rings. The van der Waals surface area contributed by atoms with Gasteiger partial charge in [0, 0.05) is 58.8 Å². The van der Waals surface area contributed by atoms with Gasteiger partial charge < -0.3 is 134 Å². The summed E-state index contributed by atoms with van der Waals surface area (Å²) in [6.45, 7) is 14.4. The number of halogens is 1. The number of aromatic nitrogens is 4. The monoisotopic (exact) mass is 1630 g/mol. The van der Waals surface area contributed by atoms with Crippen LogP contribution in [0.4, 0.5) is 23.4 Å². The Bertz CT molecular complexity index is 4490. The first-order valence-electron chi connectivity index (χ1n) is 31.3. The summed E-state index contributed by atoms with van der Waals surface area (Å²) in [6, 6.07) is 28.7. The SMILES string of the molecule is C1CCOC1.CC(=O)Cl.CCN(C)c1nc2ccc(C(=O)O)cc2o1.CCN(C)c1nc2ccc(C(=O)OC)cc2o1.CCNC.CCOC(=S)[S-].CO.COC(=O)c1ccc(N)c(O)c1.COC(=O)c1ccc2[nH]c(=S)oc2c1.COC(=O)c1ccc2nc(SC)oc2c1.Nc1ccc(C(=O)O)cc1O.[K+].[Li+].[OH-]. The number of hydrogen-bond donors (Lipinski definition) is 9. The average Bonchev–Trinajstić information content (AvgIpc) is 1.75. The molecule has 1 fully saturated rings. The van der Waals surface area contributed by atoms with Crippen molar-refractivity contribution >= 4 is 174 Å². The van der Waals surface area contributed by atoms with Crippen molar-refractivity contribution in [2.24, 2.45) is 0 Å². The van der Waals surface area contributed by atoms with Gasteiger partial charge in [0.2, 0.25) is 5.24 Å². The minimum atomic E-state index is -1.08. The summed E-state index contributed by atoms with van der Waals surface area (Å²) in [5.74, 6) is -4.01. The summed E-state index contributed by atoms with van der Waals surface area (Å²) >= 11 is 19.6. The molecular weight excluding hydrogens is 1540 g/mol. The van der Waals surface area contributed by atoms with E-state index in [1.54, 1.807) is 60.7 Å². The number of phenols is 2. The number of rotatable bonds is 13. The molecule has 6 aromatic carbocycles. The zero-order valence-electron chi connectivity index (χ0n) is 63.1. The van der Waals surface area contributed by atoms with Gasteiger partial charge in [-0.1, -0.05) is 18.7 Å². The van der Waals surface area contributed by atoms with E-state index in [1.807, 2.05) is 58.0 Å². The van der Waals surface area contributed by atoms with Crippen LogP contribution in [0, 0.1) is 4.84 Å². The summed E-state index contributed by atoms with van der Waals surface area (Å²) in [7, 11) is 12.0. The van der Waals surface area contributed by atoms with Crippen molar-refractivity contribution in [2.45, 2.75) is 52.7 Å². The van der Waals surface area contributed by atoms with Crippen LogP contribution < -0.4 is 96.8 Å². The number of thioether (sulfide) groups is 1. The van der Waals surface area contributed by atoms with Crippen LogP contribution >= 0.6 is 47.8 Å². The van der Waals surface area contributed by atoms with Gasteiger partial charge >= 0.3 is 106 Å². The number of aliphatic hydroxyl groups is 1. The molecule has 10 aromatic rings. The van der Waals surface area contributed by atoms with Crippen LogP contribution in [0.2, 0.25) is 0 Å². The summed E-state index contributed by atoms with van der Waals surface area (Å²) in [5.41, 5.74) is 18.0. The van der Waals surface area contributed by atoms with Crippen LogP contribution in [0.15, 0.2) is 132 Å². The van der Waals surface area contributed by atoms with E-state index in [-0.39, 0.29) is 137 Å². The molecule has 4 aromatic heterocycles. The largest absolute Gasteiger partial charge is 1.00 e. The fraction of sp³-hybridized carbons (Fsp3) is 0.314. The number of H-pyrrole nitrogens is 1. The maximum Gasteiger partial charge on any atom is 1.00 e. The number of carbonyl (C=O) groups excluding carboxylic acids is 5. The van der Waals surface area contributed by atoms with Gasteiger partial charge in [-0.15, -0.1) is 0 Å². The number of phenolic OH excluding ortho intramolecular Hbond substituents is 2. The fourth-order valence-electron chi connectivity index (χ4n) is 7.32. The predicted molar refractivity (Wildman–Crippen MR) is 415 cm³/mol. The second kappa shape index (κ2) is 57.6. The van der Waals surface area contributed by atoms with E-state index in [0.717, 1.165) is 62.6 Å². The summed E-state index contributed by atoms with van der Waals surface area (Å²) in [5, 5.41) is 45.5. The molecular formula is C70H88ClKLiN9O23S4. The van der Waals surface area contributed by atoms with E-state index in [0.29, 0.717) is 73.2 Å². The smallest absolute Gasteiger partial charge is 0.870 e. The molecule has 0 spiro atoms. The molecule has 1 saturated heterocycles. The first-order valence-corrected chi connectivity index (χ1v) is 34.2. The number of carboxylic acid groups (broad SMARTS) is 2. The Balaban J connectivity index is -0.00000117. The number of methoxy groups -OCH3 is 4. The molecule has 0 saturated carbocycles. The van der Waals surface area contributed by atoms with Crippen molar-refractivity contribution in [1.82, 2.24) is 25.3 Å². The third-order valence-corrected chi connectivity index (χ3v) is 13.9. The zero-order chi connectivity index (χ0) is 80.2. The van der Waals surface area contributed by atoms with Crippen molar-refractivity contribution in [3.63, 3.8) is 0 Å². The number of carbonyl (C=O) groups is 7. The number of nitrogens with one attached hydrogen (secondary N) is 2. The Morgan fingerprint density at radius 3 is 1.27 bits per heavy atom. The molecule has 584 valence electrons. The number of aromatic carboxylic acids is 2. The third kappa shape index (κ3) is 38.6. The average molecular weight is 1630 g/mol. The van der Waals surface area contributed by atoms with Crippen molar-refractivity contribution in [3.05, 3.63) is 147 Å². The van der Waals surface area contributed by atoms with Crippen molar-refractivity contribution in [1.29, 1.82) is 0 Å². The number of fused-ring (bicyclic) bond motifs is 4. The van der Waals surface area contributed by atoms with Gasteiger partial charge in [-0.2, -0.15) is 9.97 Å². The van der Waals surface area contributed by atoms with Gasteiger partial charge in [-0.3, -0.25) is 4.79 Å². The number of anilines is 4. The van der Waals surface area contributed by atoms with E-state index in [4.69, 9.17) is 71.6 Å². The van der Waals surface area contributed by atoms with E-state index >= 15 is 0 Å². The molecule has 0 radical (unpaired) electrons. The second-order valence-electron chi connectivity index (χ2n) is 20.3. The summed E-state index contributed by atoms with van der Waals surface area (Å²) < 4.78 is 49.6. The molecule has 0 aliphatic carbocycles. The van der Waals surface area contributed by atoms with Crippen LogP contribution in [0.5, 0.6) is 11.5 Å². The number of oxazole rings is 4. The first kappa shape index (κ1) is 105. The molecule has 0 unspecified atom stereocenters. The van der Waals surface area contributed by atoms with Gasteiger partial charge in [0.1, 0.15) is 28.0 Å². The molecule has 0 bridgehead atoms. The molecule has 11 rings (SSSR count). The van der Waals surface area contributed by atoms with Gasteiger partial charge in [0.05, 0.1) is 85.3 Å². The topological polar surface area (TPSA) is 484 Å². The van der Waals surface area contributed by atoms with E-state index in [9.17, 15) is 33.6 Å². The summed E-state index contributed by atoms with van der Waals surface area (Å²) in [6.07, 6.45) is 4.44. The first-order chi connectivity index (χ1) is 50.4. The summed E-state index contributed by atoms with van der Waals surface area (Å²) in [4.78, 5) is 94.6. The number of carboxylic acids is 2. The maximum absolute atomic E-state index is 11.4. The van der Waals surface area contributed by atoms with Gasteiger partial charge in [0.25, 0.3) is 22.1 Å². The van der Waals surface area contributed by atoms with Crippen molar-refractivity contribution in [3.8, 4) is 11.5 Å². The fourth-order valence-corrected chi connectivity index (χ4v) is 8.12. The second-order valence-corrected chi connectivity index (χ2v) is 22.9. The minimum Gasteiger partial charge on any atom is -0.870 e. The Kier molecular flexibility index (Phi) is 55.3. The number of nitrogens with two attached hydrogens (primary N) is 2. The number of benzene rings is 6. The third-order valence-electron chi connectivity index (χ3n) is 13.0. The van der Waals surface area contributed by atoms with Gasteiger partial charge in [-0.25, -0.2) is 33.8 Å². The molecule has 0 atom stereocenters. The normalized spacial score (nSPS) is 10.1. The number of aliphatic hydroxyl groups excluding tert-OH is 1. The molecule has 0 amide bonds. The van der Waals surface area contributed by atoms with Crippen LogP contribution in [0.25, 0.3) is 44.4 Å². The molecule has 12 N–H and O–H groups in total. The molecule has 109 heavy (non-hydrogen) atoms. The number of hydrogen-bond acceptors (Lipinski definition) is 33. The number of nitrogens with zero attached hydrogens (tertiary/aromatic N) is 5. The molecule has 32 nitrogen and oxygen atoms in total. The quantitative estimate of drug-likeness (QED) is 0.00715. The zero-order valence-corrected chi connectivity index (χ0v) is 70.2. The van der Waals surface area contributed by atoms with Gasteiger partial charge in [-0.05, 0) is 186 Å². The number of ether oxygens (including phenoxy) is 6. The van der Waals surface area contributed by atoms with Crippen molar-refractivity contribution in [2.75, 3.05) is 124 Å². The van der Waals surface area contributed by atoms with Crippen LogP contribution in [-0.4, -0.2) is 199 Å². The Hall–Kier alpha value is -8.47.